The highest BCUT2D eigenvalue weighted by atomic mass is 16.5. The normalized spacial score (nSPS) is 10.8. The van der Waals surface area contributed by atoms with E-state index in [1.807, 2.05) is 38.1 Å². The minimum atomic E-state index is 0.449. The molecular formula is C13H11N3O2. The molecule has 0 aromatic carbocycles. The number of aromatic nitrogens is 3. The van der Waals surface area contributed by atoms with Crippen molar-refractivity contribution >= 4 is 0 Å². The van der Waals surface area contributed by atoms with Crippen LogP contribution in [0.1, 0.15) is 11.5 Å². The van der Waals surface area contributed by atoms with Gasteiger partial charge in [-0.1, -0.05) is 11.2 Å². The highest BCUT2D eigenvalue weighted by molar-refractivity contribution is 5.59. The van der Waals surface area contributed by atoms with Gasteiger partial charge in [0.05, 0.1) is 5.56 Å². The van der Waals surface area contributed by atoms with E-state index in [2.05, 4.69) is 15.1 Å². The molecule has 0 spiro atoms. The number of aryl methyl sites for hydroxylation is 2. The second-order valence-electron chi connectivity index (χ2n) is 3.97. The minimum absolute atomic E-state index is 0.449. The summed E-state index contributed by atoms with van der Waals surface area (Å²) in [5.41, 5.74) is 1.51. The van der Waals surface area contributed by atoms with Crippen LogP contribution < -0.4 is 0 Å². The first kappa shape index (κ1) is 10.7. The van der Waals surface area contributed by atoms with E-state index in [9.17, 15) is 0 Å². The van der Waals surface area contributed by atoms with Gasteiger partial charge in [0, 0.05) is 6.20 Å². The molecule has 3 heterocycles. The first-order chi connectivity index (χ1) is 8.74. The van der Waals surface area contributed by atoms with Crippen molar-refractivity contribution in [2.45, 2.75) is 13.8 Å². The lowest BCUT2D eigenvalue weighted by atomic mass is 10.2. The summed E-state index contributed by atoms with van der Waals surface area (Å²) in [6.07, 6.45) is 1.69. The molecule has 5 heteroatoms. The third kappa shape index (κ3) is 1.79. The predicted molar refractivity (Wildman–Crippen MR) is 64.7 cm³/mol. The van der Waals surface area contributed by atoms with Crippen molar-refractivity contribution < 1.29 is 8.94 Å². The van der Waals surface area contributed by atoms with Gasteiger partial charge in [-0.3, -0.25) is 4.98 Å². The third-order valence-corrected chi connectivity index (χ3v) is 2.59. The SMILES string of the molecule is Cc1cc(-c2nc(-c3ccccn3)no2)c(C)o1. The van der Waals surface area contributed by atoms with Gasteiger partial charge in [0.2, 0.25) is 5.82 Å². The zero-order chi connectivity index (χ0) is 12.5. The maximum atomic E-state index is 5.44. The molecule has 0 saturated carbocycles. The largest absolute Gasteiger partial charge is 0.466 e. The van der Waals surface area contributed by atoms with Crippen LogP contribution in [0.5, 0.6) is 0 Å². The number of pyridine rings is 1. The van der Waals surface area contributed by atoms with E-state index in [1.54, 1.807) is 6.20 Å². The van der Waals surface area contributed by atoms with Crippen molar-refractivity contribution in [1.82, 2.24) is 15.1 Å². The van der Waals surface area contributed by atoms with Gasteiger partial charge in [-0.25, -0.2) is 0 Å². The lowest BCUT2D eigenvalue weighted by molar-refractivity contribution is 0.430. The molecule has 0 radical (unpaired) electrons. The van der Waals surface area contributed by atoms with Gasteiger partial charge < -0.3 is 8.94 Å². The van der Waals surface area contributed by atoms with E-state index in [4.69, 9.17) is 8.94 Å². The summed E-state index contributed by atoms with van der Waals surface area (Å²) in [6, 6.07) is 7.44. The van der Waals surface area contributed by atoms with Crippen LogP contribution in [0.2, 0.25) is 0 Å². The molecule has 0 N–H and O–H groups in total. The van der Waals surface area contributed by atoms with Crippen molar-refractivity contribution in [3.8, 4) is 23.0 Å². The Hall–Kier alpha value is -2.43. The fourth-order valence-corrected chi connectivity index (χ4v) is 1.78. The van der Waals surface area contributed by atoms with Gasteiger partial charge in [0.1, 0.15) is 17.2 Å². The summed E-state index contributed by atoms with van der Waals surface area (Å²) in [7, 11) is 0. The second kappa shape index (κ2) is 4.10. The first-order valence-corrected chi connectivity index (χ1v) is 5.56. The number of rotatable bonds is 2. The molecular weight excluding hydrogens is 230 g/mol. The van der Waals surface area contributed by atoms with Gasteiger partial charge in [0.25, 0.3) is 5.89 Å². The Bertz CT molecular complexity index is 671. The predicted octanol–water partition coefficient (Wildman–Crippen LogP) is 3.01. The van der Waals surface area contributed by atoms with E-state index < -0.39 is 0 Å². The van der Waals surface area contributed by atoms with Crippen molar-refractivity contribution in [3.63, 3.8) is 0 Å². The van der Waals surface area contributed by atoms with E-state index in [0.717, 1.165) is 17.1 Å². The Kier molecular flexibility index (Phi) is 2.44. The maximum absolute atomic E-state index is 5.44. The lowest BCUT2D eigenvalue weighted by Crippen LogP contribution is -1.84. The Balaban J connectivity index is 2.02. The average Bonchev–Trinajstić information content (AvgIpc) is 2.97. The lowest BCUT2D eigenvalue weighted by Gasteiger charge is -1.90. The van der Waals surface area contributed by atoms with Crippen LogP contribution in [0.4, 0.5) is 0 Å². The maximum Gasteiger partial charge on any atom is 0.261 e. The molecule has 0 aliphatic rings. The Labute approximate surface area is 103 Å². The molecule has 0 bridgehead atoms. The highest BCUT2D eigenvalue weighted by Crippen LogP contribution is 2.26. The quantitative estimate of drug-likeness (QED) is 0.690. The van der Waals surface area contributed by atoms with Gasteiger partial charge in [-0.05, 0) is 32.0 Å². The summed E-state index contributed by atoms with van der Waals surface area (Å²) in [5, 5.41) is 3.92. The number of hydrogen-bond donors (Lipinski definition) is 0. The average molecular weight is 241 g/mol. The zero-order valence-corrected chi connectivity index (χ0v) is 10.0. The van der Waals surface area contributed by atoms with E-state index in [1.165, 1.54) is 0 Å². The number of nitrogens with zero attached hydrogens (tertiary/aromatic N) is 3. The standard InChI is InChI=1S/C13H11N3O2/c1-8-7-10(9(2)17-8)13-15-12(16-18-13)11-5-3-4-6-14-11/h3-7H,1-2H3. The number of furan rings is 1. The zero-order valence-electron chi connectivity index (χ0n) is 10.0. The number of hydrogen-bond acceptors (Lipinski definition) is 5. The van der Waals surface area contributed by atoms with Crippen LogP contribution in [-0.4, -0.2) is 15.1 Å². The smallest absolute Gasteiger partial charge is 0.261 e. The van der Waals surface area contributed by atoms with Crippen LogP contribution >= 0.6 is 0 Å². The molecule has 3 rings (SSSR count). The van der Waals surface area contributed by atoms with Crippen molar-refractivity contribution in [1.29, 1.82) is 0 Å². The molecule has 0 saturated heterocycles. The van der Waals surface area contributed by atoms with Crippen molar-refractivity contribution in [2.24, 2.45) is 0 Å². The summed E-state index contributed by atoms with van der Waals surface area (Å²) in [5.74, 6) is 2.51. The van der Waals surface area contributed by atoms with Gasteiger partial charge in [0.15, 0.2) is 0 Å². The molecule has 3 aromatic rings. The molecule has 0 aliphatic heterocycles. The van der Waals surface area contributed by atoms with E-state index >= 15 is 0 Å². The van der Waals surface area contributed by atoms with Gasteiger partial charge in [-0.2, -0.15) is 4.98 Å². The molecule has 0 aliphatic carbocycles. The molecule has 0 atom stereocenters. The van der Waals surface area contributed by atoms with Crippen LogP contribution in [0.3, 0.4) is 0 Å². The topological polar surface area (TPSA) is 65.0 Å². The van der Waals surface area contributed by atoms with Gasteiger partial charge >= 0.3 is 0 Å². The molecule has 0 fully saturated rings. The Morgan fingerprint density at radius 2 is 2.06 bits per heavy atom. The molecule has 0 unspecified atom stereocenters. The summed E-state index contributed by atoms with van der Waals surface area (Å²) < 4.78 is 10.7. The molecule has 5 nitrogen and oxygen atoms in total. The highest BCUT2D eigenvalue weighted by Gasteiger charge is 2.15. The fraction of sp³-hybridized carbons (Fsp3) is 0.154. The summed E-state index contributed by atoms with van der Waals surface area (Å²) in [6.45, 7) is 3.75. The minimum Gasteiger partial charge on any atom is -0.466 e. The van der Waals surface area contributed by atoms with E-state index in [-0.39, 0.29) is 0 Å². The molecule has 0 amide bonds. The fourth-order valence-electron chi connectivity index (χ4n) is 1.78. The second-order valence-corrected chi connectivity index (χ2v) is 3.97. The van der Waals surface area contributed by atoms with Crippen LogP contribution in [0, 0.1) is 13.8 Å². The van der Waals surface area contributed by atoms with Gasteiger partial charge in [-0.15, -0.1) is 0 Å². The molecule has 18 heavy (non-hydrogen) atoms. The van der Waals surface area contributed by atoms with Crippen molar-refractivity contribution in [3.05, 3.63) is 42.0 Å². The van der Waals surface area contributed by atoms with E-state index in [0.29, 0.717) is 17.4 Å². The molecule has 3 aromatic heterocycles. The van der Waals surface area contributed by atoms with Crippen LogP contribution in [0.15, 0.2) is 39.4 Å². The summed E-state index contributed by atoms with van der Waals surface area (Å²) in [4.78, 5) is 8.50. The van der Waals surface area contributed by atoms with Crippen molar-refractivity contribution in [2.75, 3.05) is 0 Å². The first-order valence-electron chi connectivity index (χ1n) is 5.56. The third-order valence-electron chi connectivity index (χ3n) is 2.59. The summed E-state index contributed by atoms with van der Waals surface area (Å²) >= 11 is 0. The monoisotopic (exact) mass is 241 g/mol. The Morgan fingerprint density at radius 1 is 1.17 bits per heavy atom. The van der Waals surface area contributed by atoms with Crippen LogP contribution in [-0.2, 0) is 0 Å². The Morgan fingerprint density at radius 3 is 2.72 bits per heavy atom. The molecule has 90 valence electrons. The van der Waals surface area contributed by atoms with Crippen LogP contribution in [0.25, 0.3) is 23.0 Å².